The van der Waals surface area contributed by atoms with Gasteiger partial charge in [-0.15, -0.1) is 5.10 Å². The van der Waals surface area contributed by atoms with Crippen LogP contribution in [0.2, 0.25) is 0 Å². The van der Waals surface area contributed by atoms with Crippen LogP contribution < -0.4 is 5.73 Å². The fourth-order valence-corrected chi connectivity index (χ4v) is 3.67. The molecular formula is C25H22N4O3. The molecule has 0 spiro atoms. The molecule has 0 atom stereocenters. The number of nitrogens with zero attached hydrogens (tertiary/aromatic N) is 3. The molecule has 2 heterocycles. The Morgan fingerprint density at radius 3 is 1.88 bits per heavy atom. The minimum Gasteiger partial charge on any atom is -0.404 e. The van der Waals surface area contributed by atoms with E-state index in [-0.39, 0.29) is 6.01 Å². The number of hydrogen-bond donors (Lipinski definition) is 1. The van der Waals surface area contributed by atoms with Crippen molar-refractivity contribution >= 4 is 40.4 Å². The van der Waals surface area contributed by atoms with Gasteiger partial charge in [-0.3, -0.25) is 9.59 Å². The van der Waals surface area contributed by atoms with E-state index < -0.39 is 0 Å². The van der Waals surface area contributed by atoms with Gasteiger partial charge in [-0.25, -0.2) is 0 Å². The molecule has 2 N–H and O–H groups in total. The highest BCUT2D eigenvalue weighted by Crippen LogP contribution is 2.30. The number of aryl methyl sites for hydroxylation is 2. The first-order valence-corrected chi connectivity index (χ1v) is 10.2. The monoisotopic (exact) mass is 426 g/mol. The highest BCUT2D eigenvalue weighted by Gasteiger charge is 2.10. The second-order valence-electron chi connectivity index (χ2n) is 7.34. The summed E-state index contributed by atoms with van der Waals surface area (Å²) in [4.78, 5) is 21.8. The van der Waals surface area contributed by atoms with Crippen molar-refractivity contribution < 1.29 is 14.0 Å². The van der Waals surface area contributed by atoms with E-state index in [9.17, 15) is 9.59 Å². The molecule has 5 aromatic rings. The van der Waals surface area contributed by atoms with Crippen molar-refractivity contribution in [3.8, 4) is 11.5 Å². The van der Waals surface area contributed by atoms with Crippen LogP contribution in [0.3, 0.4) is 0 Å². The molecule has 0 aliphatic rings. The molecule has 0 aliphatic heterocycles. The van der Waals surface area contributed by atoms with Crippen LogP contribution in [0.1, 0.15) is 33.2 Å². The Hall–Kier alpha value is -4.26. The fourth-order valence-electron chi connectivity index (χ4n) is 3.67. The van der Waals surface area contributed by atoms with Gasteiger partial charge in [0.2, 0.25) is 5.89 Å². The number of aldehydes is 2. The van der Waals surface area contributed by atoms with Gasteiger partial charge in [0.05, 0.1) is 0 Å². The van der Waals surface area contributed by atoms with Gasteiger partial charge < -0.3 is 14.7 Å². The second-order valence-corrected chi connectivity index (χ2v) is 7.34. The van der Waals surface area contributed by atoms with Gasteiger partial charge in [-0.2, -0.15) is 0 Å². The molecule has 2 aromatic heterocycles. The summed E-state index contributed by atoms with van der Waals surface area (Å²) in [6, 6.07) is 19.2. The van der Waals surface area contributed by atoms with Crippen LogP contribution in [0.25, 0.3) is 33.3 Å². The maximum atomic E-state index is 10.9. The van der Waals surface area contributed by atoms with Gasteiger partial charge in [0, 0.05) is 45.0 Å². The van der Waals surface area contributed by atoms with Crippen molar-refractivity contribution in [1.82, 2.24) is 14.8 Å². The van der Waals surface area contributed by atoms with Crippen LogP contribution in [-0.4, -0.2) is 27.3 Å². The molecule has 0 radical (unpaired) electrons. The Morgan fingerprint density at radius 2 is 1.44 bits per heavy atom. The fraction of sp³-hybridized carbons (Fsp3) is 0.120. The topological polar surface area (TPSA) is 104 Å². The number of fused-ring (bicyclic) bond motifs is 3. The molecule has 0 bridgehead atoms. The first-order chi connectivity index (χ1) is 15.5. The molecular weight excluding hydrogens is 404 g/mol. The quantitative estimate of drug-likeness (QED) is 0.403. The summed E-state index contributed by atoms with van der Waals surface area (Å²) in [5.41, 5.74) is 10.9. The number of nitrogens with two attached hydrogens (primary N) is 1. The summed E-state index contributed by atoms with van der Waals surface area (Å²) >= 11 is 0. The van der Waals surface area contributed by atoms with E-state index in [1.807, 2.05) is 67.6 Å². The number of benzene rings is 3. The van der Waals surface area contributed by atoms with Gasteiger partial charge in [-0.1, -0.05) is 22.8 Å². The molecule has 0 aliphatic carbocycles. The third-order valence-corrected chi connectivity index (χ3v) is 5.24. The number of hydrogen-bond acceptors (Lipinski definition) is 6. The van der Waals surface area contributed by atoms with E-state index in [0.717, 1.165) is 46.5 Å². The number of carbonyl (C=O) groups is 2. The Bertz CT molecular complexity index is 1350. The molecule has 0 fully saturated rings. The molecule has 32 heavy (non-hydrogen) atoms. The van der Waals surface area contributed by atoms with Crippen molar-refractivity contribution in [2.24, 2.45) is 0 Å². The lowest BCUT2D eigenvalue weighted by molar-refractivity contribution is 0.111. The third kappa shape index (κ3) is 4.00. The van der Waals surface area contributed by atoms with E-state index in [2.05, 4.69) is 21.7 Å². The molecule has 0 unspecified atom stereocenters. The summed E-state index contributed by atoms with van der Waals surface area (Å²) in [6.07, 6.45) is 1.69. The zero-order valence-corrected chi connectivity index (χ0v) is 17.8. The van der Waals surface area contributed by atoms with Crippen molar-refractivity contribution in [3.05, 3.63) is 77.4 Å². The number of aromatic nitrogens is 3. The van der Waals surface area contributed by atoms with Gasteiger partial charge in [-0.05, 0) is 62.4 Å². The molecule has 5 rings (SSSR count). The number of nitrogen functional groups attached to an aromatic ring is 1. The van der Waals surface area contributed by atoms with Crippen molar-refractivity contribution in [1.29, 1.82) is 0 Å². The highest BCUT2D eigenvalue weighted by atomic mass is 16.4. The van der Waals surface area contributed by atoms with Crippen molar-refractivity contribution in [3.63, 3.8) is 0 Å². The van der Waals surface area contributed by atoms with Crippen LogP contribution in [0, 0.1) is 6.92 Å². The molecule has 0 amide bonds. The largest absolute Gasteiger partial charge is 0.404 e. The maximum Gasteiger partial charge on any atom is 0.313 e. The van der Waals surface area contributed by atoms with E-state index in [4.69, 9.17) is 10.2 Å². The lowest BCUT2D eigenvalue weighted by Crippen LogP contribution is -1.93. The summed E-state index contributed by atoms with van der Waals surface area (Å²) in [7, 11) is 0. The Kier molecular flexibility index (Phi) is 5.81. The zero-order valence-electron chi connectivity index (χ0n) is 17.8. The number of anilines is 1. The van der Waals surface area contributed by atoms with Gasteiger partial charge >= 0.3 is 6.01 Å². The van der Waals surface area contributed by atoms with E-state index in [0.29, 0.717) is 17.0 Å². The average molecular weight is 426 g/mol. The number of rotatable bonds is 4. The lowest BCUT2D eigenvalue weighted by atomic mass is 10.1. The van der Waals surface area contributed by atoms with Gasteiger partial charge in [0.25, 0.3) is 0 Å². The van der Waals surface area contributed by atoms with E-state index in [1.165, 1.54) is 5.56 Å². The first kappa shape index (κ1) is 21.0. The maximum absolute atomic E-state index is 10.9. The predicted molar refractivity (Wildman–Crippen MR) is 125 cm³/mol. The molecule has 3 aromatic carbocycles. The standard InChI is InChI=1S/C16H13NO2.C9H9N3O/c1-2-17-15-5-3-11(9-18)7-13(15)14-8-12(10-19)4-6-16(14)17;1-6-2-4-7(5-3-6)8-11-12-9(10)13-8/h3-10H,2H2,1H3;2-5H,1H3,(H2,10,12). The summed E-state index contributed by atoms with van der Waals surface area (Å²) in [5, 5.41) is 9.39. The van der Waals surface area contributed by atoms with E-state index in [1.54, 1.807) is 0 Å². The van der Waals surface area contributed by atoms with Gasteiger partial charge in [0.15, 0.2) is 0 Å². The normalized spacial score (nSPS) is 10.7. The van der Waals surface area contributed by atoms with Crippen molar-refractivity contribution in [2.45, 2.75) is 20.4 Å². The molecule has 0 saturated carbocycles. The van der Waals surface area contributed by atoms with Crippen LogP contribution in [0.4, 0.5) is 6.01 Å². The van der Waals surface area contributed by atoms with Crippen molar-refractivity contribution in [2.75, 3.05) is 5.73 Å². The predicted octanol–water partition coefficient (Wildman–Crippen LogP) is 5.07. The molecule has 160 valence electrons. The minimum absolute atomic E-state index is 0.0931. The molecule has 7 nitrogen and oxygen atoms in total. The SMILES string of the molecule is CCn1c2ccc(C=O)cc2c2cc(C=O)ccc21.Cc1ccc(-c2nnc(N)o2)cc1. The summed E-state index contributed by atoms with van der Waals surface area (Å²) < 4.78 is 7.25. The summed E-state index contributed by atoms with van der Waals surface area (Å²) in [5.74, 6) is 0.456. The lowest BCUT2D eigenvalue weighted by Gasteiger charge is -2.02. The Balaban J connectivity index is 0.000000165. The van der Waals surface area contributed by atoms with Crippen LogP contribution in [-0.2, 0) is 6.54 Å². The van der Waals surface area contributed by atoms with Crippen LogP contribution in [0.5, 0.6) is 0 Å². The third-order valence-electron chi connectivity index (χ3n) is 5.24. The van der Waals surface area contributed by atoms with Crippen LogP contribution >= 0.6 is 0 Å². The first-order valence-electron chi connectivity index (χ1n) is 10.2. The van der Waals surface area contributed by atoms with Gasteiger partial charge in [0.1, 0.15) is 12.6 Å². The number of carbonyl (C=O) groups excluding carboxylic acids is 2. The Morgan fingerprint density at radius 1 is 0.875 bits per heavy atom. The smallest absolute Gasteiger partial charge is 0.313 e. The van der Waals surface area contributed by atoms with E-state index >= 15 is 0 Å². The Labute approximate surface area is 184 Å². The highest BCUT2D eigenvalue weighted by molar-refractivity contribution is 6.10. The average Bonchev–Trinajstić information content (AvgIpc) is 3.40. The molecule has 0 saturated heterocycles. The summed E-state index contributed by atoms with van der Waals surface area (Å²) in [6.45, 7) is 4.95. The zero-order chi connectivity index (χ0) is 22.7. The van der Waals surface area contributed by atoms with Crippen LogP contribution in [0.15, 0.2) is 65.1 Å². The minimum atomic E-state index is 0.0931. The molecule has 7 heteroatoms. The second kappa shape index (κ2) is 8.85.